The van der Waals surface area contributed by atoms with E-state index in [2.05, 4.69) is 109 Å². The fraction of sp³-hybridized carbons (Fsp3) is 0. The number of nitrogens with zero attached hydrogens (tertiary/aromatic N) is 2. The molecule has 232 valence electrons. The number of aromatic nitrogens is 2. The molecule has 8 aromatic carbocycles. The summed E-state index contributed by atoms with van der Waals surface area (Å²) < 4.78 is 13.4. The molecule has 4 heteroatoms. The molecule has 0 N–H and O–H groups in total. The largest absolute Gasteiger partial charge is 0.456 e. The Balaban J connectivity index is 1.14. The van der Waals surface area contributed by atoms with Gasteiger partial charge in [-0.1, -0.05) is 121 Å². The zero-order valence-electron chi connectivity index (χ0n) is 26.7. The second-order valence-electron chi connectivity index (χ2n) is 12.9. The van der Waals surface area contributed by atoms with Crippen LogP contribution in [0.4, 0.5) is 0 Å². The first-order valence-corrected chi connectivity index (χ1v) is 16.8. The zero-order valence-corrected chi connectivity index (χ0v) is 26.7. The topological polar surface area (TPSA) is 52.1 Å². The van der Waals surface area contributed by atoms with Gasteiger partial charge in [0.15, 0.2) is 11.4 Å². The highest BCUT2D eigenvalue weighted by atomic mass is 16.3. The average Bonchev–Trinajstić information content (AvgIpc) is 3.76. The molecule has 0 amide bonds. The van der Waals surface area contributed by atoms with Gasteiger partial charge in [0.1, 0.15) is 28.0 Å². The Morgan fingerprint density at radius 1 is 0.340 bits per heavy atom. The molecule has 0 atom stereocenters. The molecule has 0 spiro atoms. The summed E-state index contributed by atoms with van der Waals surface area (Å²) in [4.78, 5) is 10.1. The smallest absolute Gasteiger partial charge is 0.180 e. The normalized spacial score (nSPS) is 12.0. The average molecular weight is 639 g/mol. The minimum atomic E-state index is 0.673. The van der Waals surface area contributed by atoms with Crippen LogP contribution in [0.1, 0.15) is 0 Å². The summed E-state index contributed by atoms with van der Waals surface area (Å²) in [5.41, 5.74) is 11.2. The van der Waals surface area contributed by atoms with Crippen molar-refractivity contribution in [1.29, 1.82) is 0 Å². The van der Waals surface area contributed by atoms with Crippen molar-refractivity contribution in [2.75, 3.05) is 0 Å². The number of fused-ring (bicyclic) bond motifs is 6. The molecule has 11 rings (SSSR count). The Labute approximate surface area is 286 Å². The van der Waals surface area contributed by atoms with Gasteiger partial charge in [-0.15, -0.1) is 0 Å². The lowest BCUT2D eigenvalue weighted by Gasteiger charge is -2.11. The van der Waals surface area contributed by atoms with E-state index >= 15 is 0 Å². The van der Waals surface area contributed by atoms with E-state index in [1.165, 1.54) is 32.5 Å². The van der Waals surface area contributed by atoms with Crippen LogP contribution in [-0.4, -0.2) is 9.97 Å². The van der Waals surface area contributed by atoms with Crippen molar-refractivity contribution in [2.45, 2.75) is 0 Å². The third-order valence-electron chi connectivity index (χ3n) is 10.0. The summed E-state index contributed by atoms with van der Waals surface area (Å²) in [5.74, 6) is 0.673. The van der Waals surface area contributed by atoms with Gasteiger partial charge in [0.2, 0.25) is 0 Å². The first-order valence-electron chi connectivity index (χ1n) is 16.8. The van der Waals surface area contributed by atoms with E-state index in [1.807, 2.05) is 48.5 Å². The molecule has 3 aromatic heterocycles. The summed E-state index contributed by atoms with van der Waals surface area (Å²) in [6, 6.07) is 54.9. The Kier molecular flexibility index (Phi) is 5.63. The molecule has 0 bridgehead atoms. The fourth-order valence-electron chi connectivity index (χ4n) is 7.70. The predicted octanol–water partition coefficient (Wildman–Crippen LogP) is 12.7. The maximum atomic E-state index is 6.72. The van der Waals surface area contributed by atoms with Crippen molar-refractivity contribution in [3.63, 3.8) is 0 Å². The predicted molar refractivity (Wildman–Crippen MR) is 205 cm³/mol. The van der Waals surface area contributed by atoms with Gasteiger partial charge >= 0.3 is 0 Å². The van der Waals surface area contributed by atoms with E-state index in [4.69, 9.17) is 18.8 Å². The lowest BCUT2D eigenvalue weighted by atomic mass is 9.90. The SMILES string of the molecule is c1ccc(-c2cc3oc4cc(-c5ccc6c(c5)oc5c(-c7ccccc7)nc(-c7ccccc7)nc56)cc5c6ccccc6c(c2)c3c45)cc1. The van der Waals surface area contributed by atoms with E-state index < -0.39 is 0 Å². The molecule has 0 fully saturated rings. The van der Waals surface area contributed by atoms with E-state index in [1.54, 1.807) is 0 Å². The van der Waals surface area contributed by atoms with E-state index in [0.29, 0.717) is 11.4 Å². The monoisotopic (exact) mass is 638 g/mol. The minimum Gasteiger partial charge on any atom is -0.456 e. The molecule has 0 saturated heterocycles. The molecule has 4 nitrogen and oxygen atoms in total. The number of furan rings is 2. The van der Waals surface area contributed by atoms with Crippen molar-refractivity contribution < 1.29 is 8.83 Å². The van der Waals surface area contributed by atoms with Crippen molar-refractivity contribution in [3.8, 4) is 44.9 Å². The first-order chi connectivity index (χ1) is 24.8. The van der Waals surface area contributed by atoms with Crippen LogP contribution in [-0.2, 0) is 0 Å². The van der Waals surface area contributed by atoms with Crippen LogP contribution >= 0.6 is 0 Å². The summed E-state index contributed by atoms with van der Waals surface area (Å²) in [6.07, 6.45) is 0. The van der Waals surface area contributed by atoms with Crippen molar-refractivity contribution in [2.24, 2.45) is 0 Å². The van der Waals surface area contributed by atoms with Gasteiger partial charge in [-0.25, -0.2) is 9.97 Å². The second-order valence-corrected chi connectivity index (χ2v) is 12.9. The summed E-state index contributed by atoms with van der Waals surface area (Å²) in [7, 11) is 0. The first kappa shape index (κ1) is 27.2. The molecular formula is C46H26N2O2. The van der Waals surface area contributed by atoms with Gasteiger partial charge in [-0.2, -0.15) is 0 Å². The van der Waals surface area contributed by atoms with Crippen LogP contribution in [0.2, 0.25) is 0 Å². The standard InChI is InChI=1S/C46H26N2O2/c1-4-12-27(13-5-1)31-22-36-33-18-10-11-19-34(33)37-23-32(26-40-42(37)41(36)39(25-31)49-40)30-20-21-35-38(24-30)50-45-43(28-14-6-2-7-15-28)47-46(48-44(35)45)29-16-8-3-9-17-29/h1-26H. The molecule has 3 heterocycles. The summed E-state index contributed by atoms with van der Waals surface area (Å²) >= 11 is 0. The molecule has 11 aromatic rings. The van der Waals surface area contributed by atoms with Gasteiger partial charge in [-0.05, 0) is 80.2 Å². The van der Waals surface area contributed by atoms with Gasteiger partial charge in [0, 0.05) is 27.3 Å². The molecule has 50 heavy (non-hydrogen) atoms. The molecular weight excluding hydrogens is 613 g/mol. The molecule has 0 unspecified atom stereocenters. The Morgan fingerprint density at radius 2 is 0.880 bits per heavy atom. The highest BCUT2D eigenvalue weighted by molar-refractivity contribution is 6.34. The van der Waals surface area contributed by atoms with Crippen LogP contribution in [0.15, 0.2) is 167 Å². The van der Waals surface area contributed by atoms with Crippen molar-refractivity contribution in [1.82, 2.24) is 9.97 Å². The highest BCUT2D eigenvalue weighted by Crippen LogP contribution is 2.46. The third kappa shape index (κ3) is 3.99. The molecule has 0 aliphatic rings. The van der Waals surface area contributed by atoms with Crippen LogP contribution < -0.4 is 0 Å². The van der Waals surface area contributed by atoms with Crippen LogP contribution in [0.5, 0.6) is 0 Å². The molecule has 0 aliphatic heterocycles. The number of benzene rings is 8. The zero-order chi connectivity index (χ0) is 32.8. The Morgan fingerprint density at radius 3 is 1.52 bits per heavy atom. The number of hydrogen-bond donors (Lipinski definition) is 0. The van der Waals surface area contributed by atoms with Crippen LogP contribution in [0.25, 0.3) is 110 Å². The Hall–Kier alpha value is -6.78. The molecule has 0 saturated carbocycles. The lowest BCUT2D eigenvalue weighted by molar-refractivity contribution is 0.667. The maximum Gasteiger partial charge on any atom is 0.180 e. The lowest BCUT2D eigenvalue weighted by Crippen LogP contribution is -1.93. The van der Waals surface area contributed by atoms with E-state index in [0.717, 1.165) is 66.5 Å². The van der Waals surface area contributed by atoms with Gasteiger partial charge in [-0.3, -0.25) is 0 Å². The molecule has 0 aliphatic carbocycles. The minimum absolute atomic E-state index is 0.673. The number of rotatable bonds is 4. The van der Waals surface area contributed by atoms with Gasteiger partial charge in [0.05, 0.1) is 0 Å². The van der Waals surface area contributed by atoms with Gasteiger partial charge in [0.25, 0.3) is 0 Å². The summed E-state index contributed by atoms with van der Waals surface area (Å²) in [6.45, 7) is 0. The third-order valence-corrected chi connectivity index (χ3v) is 10.0. The van der Waals surface area contributed by atoms with Crippen molar-refractivity contribution in [3.05, 3.63) is 158 Å². The van der Waals surface area contributed by atoms with E-state index in [9.17, 15) is 0 Å². The maximum absolute atomic E-state index is 6.72. The fourth-order valence-corrected chi connectivity index (χ4v) is 7.70. The van der Waals surface area contributed by atoms with E-state index in [-0.39, 0.29) is 0 Å². The highest BCUT2D eigenvalue weighted by Gasteiger charge is 2.22. The second kappa shape index (κ2) is 10.4. The van der Waals surface area contributed by atoms with Crippen molar-refractivity contribution >= 4 is 65.6 Å². The Bertz CT molecular complexity index is 3070. The van der Waals surface area contributed by atoms with Gasteiger partial charge < -0.3 is 8.83 Å². The summed E-state index contributed by atoms with van der Waals surface area (Å²) in [5, 5.41) is 8.12. The van der Waals surface area contributed by atoms with Crippen LogP contribution in [0, 0.1) is 0 Å². The van der Waals surface area contributed by atoms with Crippen LogP contribution in [0.3, 0.4) is 0 Å². The molecule has 0 radical (unpaired) electrons. The number of hydrogen-bond acceptors (Lipinski definition) is 4. The quantitative estimate of drug-likeness (QED) is 0.180.